The Labute approximate surface area is 149 Å². The van der Waals surface area contributed by atoms with E-state index < -0.39 is 0 Å². The Morgan fingerprint density at radius 2 is 1.84 bits per heavy atom. The van der Waals surface area contributed by atoms with Crippen LogP contribution in [0, 0.1) is 24.2 Å². The number of carbonyl (C=O) groups is 2. The van der Waals surface area contributed by atoms with Crippen molar-refractivity contribution in [2.45, 2.75) is 27.2 Å². The third-order valence-electron chi connectivity index (χ3n) is 5.84. The molecule has 5 heteroatoms. The molecule has 1 aromatic carbocycles. The maximum absolute atomic E-state index is 12.7. The van der Waals surface area contributed by atoms with Gasteiger partial charge in [-0.3, -0.25) is 9.59 Å². The molecule has 0 unspecified atom stereocenters. The first-order valence-electron chi connectivity index (χ1n) is 9.08. The predicted molar refractivity (Wildman–Crippen MR) is 95.9 cm³/mol. The van der Waals surface area contributed by atoms with E-state index in [1.807, 2.05) is 54.8 Å². The fourth-order valence-corrected chi connectivity index (χ4v) is 4.21. The van der Waals surface area contributed by atoms with Crippen LogP contribution in [0.1, 0.15) is 25.0 Å². The van der Waals surface area contributed by atoms with Gasteiger partial charge < -0.3 is 14.9 Å². The Hall–Kier alpha value is -1.88. The van der Waals surface area contributed by atoms with Gasteiger partial charge in [-0.05, 0) is 18.1 Å². The monoisotopic (exact) mass is 344 g/mol. The van der Waals surface area contributed by atoms with Crippen LogP contribution in [0.15, 0.2) is 24.3 Å². The van der Waals surface area contributed by atoms with Gasteiger partial charge in [0.1, 0.15) is 0 Å². The van der Waals surface area contributed by atoms with E-state index in [2.05, 4.69) is 0 Å². The molecule has 2 amide bonds. The molecule has 1 aromatic rings. The van der Waals surface area contributed by atoms with Gasteiger partial charge in [0, 0.05) is 43.4 Å². The molecule has 2 aliphatic rings. The number of benzene rings is 1. The summed E-state index contributed by atoms with van der Waals surface area (Å²) in [6, 6.07) is 7.95. The van der Waals surface area contributed by atoms with Crippen LogP contribution in [0.4, 0.5) is 0 Å². The van der Waals surface area contributed by atoms with Gasteiger partial charge >= 0.3 is 0 Å². The first-order chi connectivity index (χ1) is 11.9. The molecule has 1 N–H and O–H groups in total. The molecule has 2 saturated heterocycles. The van der Waals surface area contributed by atoms with Crippen molar-refractivity contribution in [2.75, 3.05) is 32.8 Å². The standard InChI is InChI=1S/C20H28N2O3/c1-14(2)19(25)22-10-17-9-21(11-20(17,12-22)13-23)18(24)8-16-7-5-4-6-15(16)3/h4-7,14,17,23H,8-13H2,1-3H3/t17-,20+/m0/s1. The zero-order valence-electron chi connectivity index (χ0n) is 15.4. The van der Waals surface area contributed by atoms with Crippen molar-refractivity contribution in [3.63, 3.8) is 0 Å². The van der Waals surface area contributed by atoms with Gasteiger partial charge in [-0.1, -0.05) is 38.1 Å². The molecular weight excluding hydrogens is 316 g/mol. The van der Waals surface area contributed by atoms with Crippen LogP contribution in [-0.2, 0) is 16.0 Å². The SMILES string of the molecule is Cc1ccccc1CC(=O)N1C[C@H]2CN(C(=O)C(C)C)C[C@@]2(CO)C1. The van der Waals surface area contributed by atoms with Crippen LogP contribution >= 0.6 is 0 Å². The first-order valence-corrected chi connectivity index (χ1v) is 9.08. The van der Waals surface area contributed by atoms with Crippen molar-refractivity contribution in [1.82, 2.24) is 9.80 Å². The zero-order chi connectivity index (χ0) is 18.2. The molecule has 0 aliphatic carbocycles. The summed E-state index contributed by atoms with van der Waals surface area (Å²) in [5.41, 5.74) is 1.83. The minimum atomic E-state index is -0.355. The van der Waals surface area contributed by atoms with Gasteiger partial charge in [0.05, 0.1) is 13.0 Å². The Bertz CT molecular complexity index is 673. The van der Waals surface area contributed by atoms with Gasteiger partial charge in [-0.2, -0.15) is 0 Å². The van der Waals surface area contributed by atoms with E-state index in [0.29, 0.717) is 32.6 Å². The fourth-order valence-electron chi connectivity index (χ4n) is 4.21. The number of aliphatic hydroxyl groups excluding tert-OH is 1. The highest BCUT2D eigenvalue weighted by molar-refractivity contribution is 5.80. The Balaban J connectivity index is 1.68. The summed E-state index contributed by atoms with van der Waals surface area (Å²) in [5, 5.41) is 10.0. The largest absolute Gasteiger partial charge is 0.396 e. The molecule has 0 aromatic heterocycles. The van der Waals surface area contributed by atoms with Gasteiger partial charge in [0.2, 0.25) is 11.8 Å². The normalized spacial score (nSPS) is 25.6. The molecule has 0 radical (unpaired) electrons. The highest BCUT2D eigenvalue weighted by Gasteiger charge is 2.54. The van der Waals surface area contributed by atoms with Crippen LogP contribution in [0.5, 0.6) is 0 Å². The zero-order valence-corrected chi connectivity index (χ0v) is 15.4. The number of rotatable bonds is 4. The van der Waals surface area contributed by atoms with E-state index >= 15 is 0 Å². The number of aliphatic hydroxyl groups is 1. The minimum absolute atomic E-state index is 0.0215. The topological polar surface area (TPSA) is 60.9 Å². The number of likely N-dealkylation sites (tertiary alicyclic amines) is 2. The summed E-state index contributed by atoms with van der Waals surface area (Å²) in [4.78, 5) is 28.8. The second-order valence-electron chi connectivity index (χ2n) is 7.97. The summed E-state index contributed by atoms with van der Waals surface area (Å²) in [5.74, 6) is 0.382. The summed E-state index contributed by atoms with van der Waals surface area (Å²) in [6.07, 6.45) is 0.398. The minimum Gasteiger partial charge on any atom is -0.396 e. The van der Waals surface area contributed by atoms with Gasteiger partial charge in [0.15, 0.2) is 0 Å². The van der Waals surface area contributed by atoms with Crippen molar-refractivity contribution < 1.29 is 14.7 Å². The van der Waals surface area contributed by atoms with Crippen LogP contribution in [0.25, 0.3) is 0 Å². The molecule has 2 heterocycles. The van der Waals surface area contributed by atoms with E-state index in [-0.39, 0.29) is 35.7 Å². The van der Waals surface area contributed by atoms with Crippen molar-refractivity contribution in [3.8, 4) is 0 Å². The van der Waals surface area contributed by atoms with Gasteiger partial charge in [-0.25, -0.2) is 0 Å². The number of amides is 2. The Kier molecular flexibility index (Phi) is 4.87. The van der Waals surface area contributed by atoms with Crippen LogP contribution < -0.4 is 0 Å². The Morgan fingerprint density at radius 1 is 1.20 bits per heavy atom. The van der Waals surface area contributed by atoms with Crippen LogP contribution in [-0.4, -0.2) is 59.5 Å². The maximum atomic E-state index is 12.7. The van der Waals surface area contributed by atoms with Crippen molar-refractivity contribution in [2.24, 2.45) is 17.3 Å². The third kappa shape index (κ3) is 3.30. The average molecular weight is 344 g/mol. The van der Waals surface area contributed by atoms with E-state index in [4.69, 9.17) is 0 Å². The van der Waals surface area contributed by atoms with Crippen molar-refractivity contribution in [3.05, 3.63) is 35.4 Å². The summed E-state index contributed by atoms with van der Waals surface area (Å²) >= 11 is 0. The Morgan fingerprint density at radius 3 is 2.44 bits per heavy atom. The lowest BCUT2D eigenvalue weighted by molar-refractivity contribution is -0.134. The molecule has 2 atom stereocenters. The molecule has 136 valence electrons. The maximum Gasteiger partial charge on any atom is 0.227 e. The molecule has 0 spiro atoms. The van der Waals surface area contributed by atoms with Gasteiger partial charge in [-0.15, -0.1) is 0 Å². The predicted octanol–water partition coefficient (Wildman–Crippen LogP) is 1.47. The molecule has 25 heavy (non-hydrogen) atoms. The number of hydrogen-bond acceptors (Lipinski definition) is 3. The number of aryl methyl sites for hydroxylation is 1. The van der Waals surface area contributed by atoms with Crippen LogP contribution in [0.2, 0.25) is 0 Å². The number of nitrogens with zero attached hydrogens (tertiary/aromatic N) is 2. The molecule has 5 nitrogen and oxygen atoms in total. The molecule has 3 rings (SSSR count). The molecular formula is C20H28N2O3. The highest BCUT2D eigenvalue weighted by atomic mass is 16.3. The fraction of sp³-hybridized carbons (Fsp3) is 0.600. The number of hydrogen-bond donors (Lipinski definition) is 1. The van der Waals surface area contributed by atoms with E-state index in [0.717, 1.165) is 11.1 Å². The van der Waals surface area contributed by atoms with Gasteiger partial charge in [0.25, 0.3) is 0 Å². The second-order valence-corrected chi connectivity index (χ2v) is 7.97. The van der Waals surface area contributed by atoms with E-state index in [9.17, 15) is 14.7 Å². The third-order valence-corrected chi connectivity index (χ3v) is 5.84. The molecule has 0 bridgehead atoms. The molecule has 2 aliphatic heterocycles. The first kappa shape index (κ1) is 17.9. The van der Waals surface area contributed by atoms with Crippen molar-refractivity contribution in [1.29, 1.82) is 0 Å². The average Bonchev–Trinajstić information content (AvgIpc) is 3.10. The summed E-state index contributed by atoms with van der Waals surface area (Å²) < 4.78 is 0. The molecule has 0 saturated carbocycles. The van der Waals surface area contributed by atoms with E-state index in [1.54, 1.807) is 0 Å². The van der Waals surface area contributed by atoms with Crippen molar-refractivity contribution >= 4 is 11.8 Å². The smallest absolute Gasteiger partial charge is 0.227 e. The summed E-state index contributed by atoms with van der Waals surface area (Å²) in [6.45, 7) is 8.22. The molecule has 2 fully saturated rings. The highest BCUT2D eigenvalue weighted by Crippen LogP contribution is 2.42. The quantitative estimate of drug-likeness (QED) is 0.900. The second kappa shape index (κ2) is 6.79. The lowest BCUT2D eigenvalue weighted by Gasteiger charge is -2.28. The van der Waals surface area contributed by atoms with E-state index in [1.165, 1.54) is 0 Å². The lowest BCUT2D eigenvalue weighted by atomic mass is 9.82. The summed E-state index contributed by atoms with van der Waals surface area (Å²) in [7, 11) is 0. The lowest BCUT2D eigenvalue weighted by Crippen LogP contribution is -2.41. The number of carbonyl (C=O) groups excluding carboxylic acids is 2. The van der Waals surface area contributed by atoms with Crippen LogP contribution in [0.3, 0.4) is 0 Å². The number of fused-ring (bicyclic) bond motifs is 1.